The first-order valence-electron chi connectivity index (χ1n) is 6.86. The monoisotopic (exact) mass is 348 g/mol. The molecule has 8 heteroatoms. The van der Waals surface area contributed by atoms with Crippen LogP contribution in [0.5, 0.6) is 0 Å². The maximum absolute atomic E-state index is 12.7. The van der Waals surface area contributed by atoms with E-state index >= 15 is 0 Å². The van der Waals surface area contributed by atoms with Crippen LogP contribution in [0.4, 0.5) is 5.69 Å². The van der Waals surface area contributed by atoms with Crippen molar-refractivity contribution in [2.45, 2.75) is 6.92 Å². The number of nitrogens with zero attached hydrogens (tertiary/aromatic N) is 2. The number of carboxylic acids is 1. The number of para-hydroxylation sites is 1. The van der Waals surface area contributed by atoms with E-state index in [1.807, 2.05) is 19.1 Å². The minimum absolute atomic E-state index is 0.153. The molecule has 0 atom stereocenters. The first-order valence-corrected chi connectivity index (χ1v) is 8.09. The fourth-order valence-corrected chi connectivity index (χ4v) is 3.96. The van der Waals surface area contributed by atoms with E-state index in [9.17, 15) is 14.4 Å². The number of carbonyl (C=O) groups excluding carboxylic acids is 2. The van der Waals surface area contributed by atoms with E-state index in [0.29, 0.717) is 17.7 Å². The van der Waals surface area contributed by atoms with Gasteiger partial charge in [0.2, 0.25) is 0 Å². The topological polar surface area (TPSA) is 77.9 Å². The molecule has 0 saturated carbocycles. The lowest BCUT2D eigenvalue weighted by molar-refractivity contribution is -0.140. The van der Waals surface area contributed by atoms with Crippen molar-refractivity contribution in [3.05, 3.63) is 34.7 Å². The number of likely N-dealkylation sites (N-methyl/N-ethyl adjacent to an activating group) is 1. The number of hydrogen-bond acceptors (Lipinski definition) is 5. The van der Waals surface area contributed by atoms with Gasteiger partial charge in [-0.05, 0) is 13.0 Å². The van der Waals surface area contributed by atoms with Gasteiger partial charge in [0, 0.05) is 12.1 Å². The molecule has 1 aromatic carbocycles. The molecule has 0 bridgehead atoms. The van der Waals surface area contributed by atoms with Crippen LogP contribution in [-0.2, 0) is 14.4 Å². The van der Waals surface area contributed by atoms with Crippen molar-refractivity contribution in [1.29, 1.82) is 0 Å². The predicted octanol–water partition coefficient (Wildman–Crippen LogP) is 1.71. The highest BCUT2D eigenvalue weighted by molar-refractivity contribution is 8.26. The lowest BCUT2D eigenvalue weighted by atomic mass is 10.1. The van der Waals surface area contributed by atoms with Crippen molar-refractivity contribution in [2.24, 2.45) is 0 Å². The molecule has 2 aliphatic heterocycles. The zero-order valence-electron chi connectivity index (χ0n) is 12.1. The lowest BCUT2D eigenvalue weighted by Gasteiger charge is -2.13. The third-order valence-corrected chi connectivity index (χ3v) is 5.06. The molecule has 1 aromatic rings. The Bertz CT molecular complexity index is 787. The van der Waals surface area contributed by atoms with Gasteiger partial charge in [-0.1, -0.05) is 42.2 Å². The largest absolute Gasteiger partial charge is 0.480 e. The van der Waals surface area contributed by atoms with Crippen molar-refractivity contribution >= 4 is 57.3 Å². The van der Waals surface area contributed by atoms with E-state index in [1.165, 1.54) is 0 Å². The molecule has 6 nitrogen and oxygen atoms in total. The standard InChI is InChI=1S/C15H12N2O4S2/c1-2-16-9-6-4-3-5-8(9)11(13(16)20)12-14(21)17(7-10(18)19)15(22)23-12/h3-6H,2,7H2,1H3,(H,18,19)/b12-11+. The minimum Gasteiger partial charge on any atom is -0.480 e. The molecule has 0 aliphatic carbocycles. The summed E-state index contributed by atoms with van der Waals surface area (Å²) in [7, 11) is 0. The fraction of sp³-hybridized carbons (Fsp3) is 0.200. The van der Waals surface area contributed by atoms with Crippen LogP contribution in [0.2, 0.25) is 0 Å². The van der Waals surface area contributed by atoms with Crippen molar-refractivity contribution < 1.29 is 19.5 Å². The molecule has 0 aromatic heterocycles. The third-order valence-electron chi connectivity index (χ3n) is 3.61. The van der Waals surface area contributed by atoms with Crippen molar-refractivity contribution in [3.63, 3.8) is 0 Å². The highest BCUT2D eigenvalue weighted by Gasteiger charge is 2.41. The van der Waals surface area contributed by atoms with Gasteiger partial charge < -0.3 is 10.0 Å². The first-order chi connectivity index (χ1) is 11.0. The zero-order valence-corrected chi connectivity index (χ0v) is 13.7. The molecular formula is C15H12N2O4S2. The molecule has 2 heterocycles. The number of anilines is 1. The Balaban J connectivity index is 2.12. The summed E-state index contributed by atoms with van der Waals surface area (Å²) in [4.78, 5) is 38.9. The summed E-state index contributed by atoms with van der Waals surface area (Å²) in [6.07, 6.45) is 0. The van der Waals surface area contributed by atoms with Crippen LogP contribution in [0.3, 0.4) is 0 Å². The number of fused-ring (bicyclic) bond motifs is 1. The molecule has 1 N–H and O–H groups in total. The Hall–Kier alpha value is -2.19. The summed E-state index contributed by atoms with van der Waals surface area (Å²) in [5.74, 6) is -1.94. The summed E-state index contributed by atoms with van der Waals surface area (Å²) < 4.78 is 0.153. The normalized spacial score (nSPS) is 20.5. The number of hydrogen-bond donors (Lipinski definition) is 1. The van der Waals surface area contributed by atoms with Gasteiger partial charge in [0.15, 0.2) is 0 Å². The number of thioether (sulfide) groups is 1. The van der Waals surface area contributed by atoms with E-state index in [0.717, 1.165) is 22.3 Å². The van der Waals surface area contributed by atoms with Gasteiger partial charge in [-0.15, -0.1) is 0 Å². The number of thiocarbonyl (C=S) groups is 1. The van der Waals surface area contributed by atoms with Crippen LogP contribution in [-0.4, -0.2) is 45.2 Å². The predicted molar refractivity (Wildman–Crippen MR) is 90.9 cm³/mol. The van der Waals surface area contributed by atoms with Crippen LogP contribution in [0.15, 0.2) is 29.2 Å². The fourth-order valence-electron chi connectivity index (χ4n) is 2.63. The van der Waals surface area contributed by atoms with Crippen molar-refractivity contribution in [2.75, 3.05) is 18.0 Å². The maximum Gasteiger partial charge on any atom is 0.323 e. The van der Waals surface area contributed by atoms with Crippen molar-refractivity contribution in [1.82, 2.24) is 4.90 Å². The molecule has 0 spiro atoms. The third kappa shape index (κ3) is 2.43. The van der Waals surface area contributed by atoms with Gasteiger partial charge in [-0.25, -0.2) is 0 Å². The Morgan fingerprint density at radius 3 is 2.57 bits per heavy atom. The molecule has 3 rings (SSSR count). The highest BCUT2D eigenvalue weighted by atomic mass is 32.2. The summed E-state index contributed by atoms with van der Waals surface area (Å²) in [6.45, 7) is 1.83. The SMILES string of the molecule is CCN1C(=O)/C(=C2/SC(=S)N(CC(=O)O)C2=O)c2ccccc21. The highest BCUT2D eigenvalue weighted by Crippen LogP contribution is 2.44. The molecule has 0 radical (unpaired) electrons. The smallest absolute Gasteiger partial charge is 0.323 e. The Kier molecular flexibility index (Phi) is 3.95. The van der Waals surface area contributed by atoms with Gasteiger partial charge >= 0.3 is 5.97 Å². The number of carbonyl (C=O) groups is 3. The van der Waals surface area contributed by atoms with E-state index < -0.39 is 18.4 Å². The number of benzene rings is 1. The van der Waals surface area contributed by atoms with Gasteiger partial charge in [0.1, 0.15) is 10.9 Å². The minimum atomic E-state index is -1.15. The molecule has 2 amide bonds. The number of rotatable bonds is 3. The Labute approximate surface area is 141 Å². The zero-order chi connectivity index (χ0) is 16.7. The molecular weight excluding hydrogens is 336 g/mol. The summed E-state index contributed by atoms with van der Waals surface area (Å²) in [5.41, 5.74) is 1.72. The average Bonchev–Trinajstić information content (AvgIpc) is 2.94. The Morgan fingerprint density at radius 1 is 1.22 bits per heavy atom. The number of amides is 2. The van der Waals surface area contributed by atoms with E-state index in [1.54, 1.807) is 17.0 Å². The quantitative estimate of drug-likeness (QED) is 0.662. The molecule has 118 valence electrons. The average molecular weight is 348 g/mol. The van der Waals surface area contributed by atoms with Crippen molar-refractivity contribution in [3.8, 4) is 0 Å². The van der Waals surface area contributed by atoms with Crippen LogP contribution < -0.4 is 4.90 Å². The maximum atomic E-state index is 12.7. The summed E-state index contributed by atoms with van der Waals surface area (Å²) in [5, 5.41) is 8.90. The second-order valence-electron chi connectivity index (χ2n) is 4.92. The van der Waals surface area contributed by atoms with Crippen LogP contribution in [0.25, 0.3) is 5.57 Å². The van der Waals surface area contributed by atoms with Crippen LogP contribution in [0, 0.1) is 0 Å². The Morgan fingerprint density at radius 2 is 1.91 bits per heavy atom. The molecule has 0 unspecified atom stereocenters. The number of carboxylic acid groups (broad SMARTS) is 1. The van der Waals surface area contributed by atoms with Gasteiger partial charge in [-0.3, -0.25) is 19.3 Å². The van der Waals surface area contributed by atoms with E-state index in [4.69, 9.17) is 17.3 Å². The van der Waals surface area contributed by atoms with E-state index in [2.05, 4.69) is 0 Å². The van der Waals surface area contributed by atoms with Gasteiger partial charge in [0.05, 0.1) is 16.2 Å². The number of aliphatic carboxylic acids is 1. The lowest BCUT2D eigenvalue weighted by Crippen LogP contribution is -2.33. The second kappa shape index (κ2) is 5.78. The van der Waals surface area contributed by atoms with Crippen LogP contribution >= 0.6 is 24.0 Å². The van der Waals surface area contributed by atoms with Crippen LogP contribution in [0.1, 0.15) is 12.5 Å². The van der Waals surface area contributed by atoms with Gasteiger partial charge in [0.25, 0.3) is 11.8 Å². The molecule has 1 saturated heterocycles. The first kappa shape index (κ1) is 15.7. The molecule has 2 aliphatic rings. The molecule has 1 fully saturated rings. The molecule has 23 heavy (non-hydrogen) atoms. The summed E-state index contributed by atoms with van der Waals surface area (Å²) >= 11 is 6.07. The summed E-state index contributed by atoms with van der Waals surface area (Å²) in [6, 6.07) is 7.22. The van der Waals surface area contributed by atoms with Gasteiger partial charge in [-0.2, -0.15) is 0 Å². The van der Waals surface area contributed by atoms with E-state index in [-0.39, 0.29) is 15.1 Å². The second-order valence-corrected chi connectivity index (χ2v) is 6.57.